The highest BCUT2D eigenvalue weighted by Crippen LogP contribution is 2.38. The molecule has 2 heterocycles. The van der Waals surface area contributed by atoms with Crippen molar-refractivity contribution in [3.63, 3.8) is 0 Å². The van der Waals surface area contributed by atoms with Crippen LogP contribution in [0.1, 0.15) is 37.0 Å². The van der Waals surface area contributed by atoms with E-state index in [2.05, 4.69) is 5.32 Å². The summed E-state index contributed by atoms with van der Waals surface area (Å²) in [7, 11) is 1.73. The molecule has 3 rings (SSSR count). The first-order chi connectivity index (χ1) is 10.4. The van der Waals surface area contributed by atoms with E-state index in [1.54, 1.807) is 37.9 Å². The number of likely N-dealkylation sites (N-methyl/N-ethyl adjacent to an activating group) is 1. The van der Waals surface area contributed by atoms with E-state index >= 15 is 0 Å². The molecule has 1 N–H and O–H groups in total. The minimum Gasteiger partial charge on any atom is -0.476 e. The summed E-state index contributed by atoms with van der Waals surface area (Å²) in [5.74, 6) is 0.775. The number of Topliss-reactive ketones (excluding diaryl/α,β-unsaturated/α-hetero) is 1. The van der Waals surface area contributed by atoms with Crippen LogP contribution in [-0.2, 0) is 4.79 Å². The lowest BCUT2D eigenvalue weighted by atomic mass is 9.89. The van der Waals surface area contributed by atoms with Gasteiger partial charge in [0, 0.05) is 18.5 Å². The third-order valence-corrected chi connectivity index (χ3v) is 4.50. The largest absolute Gasteiger partial charge is 0.476 e. The summed E-state index contributed by atoms with van der Waals surface area (Å²) in [6, 6.07) is 5.39. The molecule has 1 amide bonds. The number of anilines is 1. The van der Waals surface area contributed by atoms with E-state index < -0.39 is 5.60 Å². The van der Waals surface area contributed by atoms with Gasteiger partial charge in [0.2, 0.25) is 0 Å². The zero-order valence-corrected chi connectivity index (χ0v) is 13.3. The van der Waals surface area contributed by atoms with E-state index in [9.17, 15) is 9.59 Å². The topological polar surface area (TPSA) is 58.6 Å². The average molecular weight is 302 g/mol. The summed E-state index contributed by atoms with van der Waals surface area (Å²) in [5, 5.41) is 3.27. The van der Waals surface area contributed by atoms with Crippen molar-refractivity contribution in [2.45, 2.75) is 32.3 Å². The molecule has 0 aliphatic carbocycles. The molecule has 0 unspecified atom stereocenters. The predicted octanol–water partition coefficient (Wildman–Crippen LogP) is 2.00. The molecular formula is C17H22N2O3. The number of piperidine rings is 1. The number of nitrogens with zero attached hydrogens (tertiary/aromatic N) is 1. The highest BCUT2D eigenvalue weighted by Gasteiger charge is 2.39. The minimum absolute atomic E-state index is 0.0706. The fraction of sp³-hybridized carbons (Fsp3) is 0.529. The number of rotatable bonds is 2. The van der Waals surface area contributed by atoms with Crippen molar-refractivity contribution >= 4 is 17.4 Å². The first kappa shape index (κ1) is 15.0. The number of carbonyl (C=O) groups is 2. The fourth-order valence-electron chi connectivity index (χ4n) is 3.17. The molecule has 5 nitrogen and oxygen atoms in total. The van der Waals surface area contributed by atoms with Gasteiger partial charge in [0.15, 0.2) is 11.4 Å². The van der Waals surface area contributed by atoms with Gasteiger partial charge in [-0.05, 0) is 58.0 Å². The van der Waals surface area contributed by atoms with Gasteiger partial charge in [0.1, 0.15) is 5.75 Å². The monoisotopic (exact) mass is 302 g/mol. The number of amides is 1. The predicted molar refractivity (Wildman–Crippen MR) is 84.5 cm³/mol. The number of carbonyl (C=O) groups excluding carboxylic acids is 2. The summed E-state index contributed by atoms with van der Waals surface area (Å²) in [6.45, 7) is 5.28. The van der Waals surface area contributed by atoms with E-state index in [1.165, 1.54) is 0 Å². The van der Waals surface area contributed by atoms with Crippen LogP contribution < -0.4 is 15.0 Å². The minimum atomic E-state index is -0.873. The van der Waals surface area contributed by atoms with E-state index in [0.29, 0.717) is 17.0 Å². The zero-order chi connectivity index (χ0) is 15.9. The van der Waals surface area contributed by atoms with E-state index in [0.717, 1.165) is 25.9 Å². The number of nitrogens with one attached hydrogen (secondary N) is 1. The Labute approximate surface area is 130 Å². The highest BCUT2D eigenvalue weighted by molar-refractivity contribution is 6.04. The van der Waals surface area contributed by atoms with Gasteiger partial charge in [-0.15, -0.1) is 0 Å². The molecular weight excluding hydrogens is 280 g/mol. The lowest BCUT2D eigenvalue weighted by Gasteiger charge is -2.37. The van der Waals surface area contributed by atoms with Crippen LogP contribution in [0.25, 0.3) is 0 Å². The van der Waals surface area contributed by atoms with Crippen molar-refractivity contribution in [3.05, 3.63) is 23.8 Å². The van der Waals surface area contributed by atoms with Crippen molar-refractivity contribution in [1.29, 1.82) is 0 Å². The van der Waals surface area contributed by atoms with Crippen LogP contribution in [0.3, 0.4) is 0 Å². The van der Waals surface area contributed by atoms with Gasteiger partial charge >= 0.3 is 0 Å². The Morgan fingerprint density at radius 3 is 2.68 bits per heavy atom. The maximum Gasteiger partial charge on any atom is 0.270 e. The van der Waals surface area contributed by atoms with Gasteiger partial charge in [0.25, 0.3) is 5.91 Å². The molecule has 2 aliphatic rings. The Morgan fingerprint density at radius 1 is 1.32 bits per heavy atom. The van der Waals surface area contributed by atoms with E-state index in [-0.39, 0.29) is 17.6 Å². The van der Waals surface area contributed by atoms with Crippen LogP contribution in [0.5, 0.6) is 5.75 Å². The van der Waals surface area contributed by atoms with Crippen LogP contribution in [0.2, 0.25) is 0 Å². The number of fused-ring (bicyclic) bond motifs is 1. The Kier molecular flexibility index (Phi) is 3.68. The van der Waals surface area contributed by atoms with E-state index in [4.69, 9.17) is 4.74 Å². The standard InChI is InChI=1S/C17H22N2O3/c1-17(2)16(21)19(3)13-10-12(4-5-14(13)22-17)15(20)11-6-8-18-9-7-11/h4-5,10-11,18H,6-9H2,1-3H3. The highest BCUT2D eigenvalue weighted by atomic mass is 16.5. The Balaban J connectivity index is 1.91. The first-order valence-corrected chi connectivity index (χ1v) is 7.76. The van der Waals surface area contributed by atoms with Gasteiger partial charge in [0.05, 0.1) is 5.69 Å². The van der Waals surface area contributed by atoms with Gasteiger partial charge in [-0.25, -0.2) is 0 Å². The SMILES string of the molecule is CN1C(=O)C(C)(C)Oc2ccc(C(=O)C3CCNCC3)cc21. The molecule has 2 aliphatic heterocycles. The van der Waals surface area contributed by atoms with E-state index in [1.807, 2.05) is 6.07 Å². The Hall–Kier alpha value is -1.88. The fourth-order valence-corrected chi connectivity index (χ4v) is 3.17. The maximum absolute atomic E-state index is 12.6. The molecule has 1 saturated heterocycles. The number of benzene rings is 1. The lowest BCUT2D eigenvalue weighted by Crippen LogP contribution is -2.50. The average Bonchev–Trinajstić information content (AvgIpc) is 2.52. The zero-order valence-electron chi connectivity index (χ0n) is 13.3. The third-order valence-electron chi connectivity index (χ3n) is 4.50. The quantitative estimate of drug-likeness (QED) is 0.849. The normalized spacial score (nSPS) is 21.2. The molecule has 5 heteroatoms. The first-order valence-electron chi connectivity index (χ1n) is 7.76. The second kappa shape index (κ2) is 5.39. The van der Waals surface area contributed by atoms with Crippen LogP contribution in [0.4, 0.5) is 5.69 Å². The van der Waals surface area contributed by atoms with Crippen molar-refractivity contribution in [2.24, 2.45) is 5.92 Å². The molecule has 0 aromatic heterocycles. The van der Waals surface area contributed by atoms with Crippen LogP contribution in [0.15, 0.2) is 18.2 Å². The lowest BCUT2D eigenvalue weighted by molar-refractivity contribution is -0.132. The molecule has 1 fully saturated rings. The number of hydrogen-bond donors (Lipinski definition) is 1. The molecule has 0 atom stereocenters. The molecule has 0 bridgehead atoms. The summed E-state index contributed by atoms with van der Waals surface area (Å²) < 4.78 is 5.77. The van der Waals surface area contributed by atoms with Crippen LogP contribution in [-0.4, -0.2) is 37.4 Å². The van der Waals surface area contributed by atoms with Crippen LogP contribution >= 0.6 is 0 Å². The Bertz CT molecular complexity index is 618. The summed E-state index contributed by atoms with van der Waals surface area (Å²) >= 11 is 0. The van der Waals surface area contributed by atoms with Crippen molar-refractivity contribution in [2.75, 3.05) is 25.0 Å². The van der Waals surface area contributed by atoms with Crippen molar-refractivity contribution in [3.8, 4) is 5.75 Å². The van der Waals surface area contributed by atoms with Crippen molar-refractivity contribution in [1.82, 2.24) is 5.32 Å². The second-order valence-electron chi connectivity index (χ2n) is 6.55. The molecule has 1 aromatic rings. The summed E-state index contributed by atoms with van der Waals surface area (Å²) in [5.41, 5.74) is 0.459. The molecule has 118 valence electrons. The summed E-state index contributed by atoms with van der Waals surface area (Å²) in [6.07, 6.45) is 1.74. The molecule has 22 heavy (non-hydrogen) atoms. The molecule has 1 aromatic carbocycles. The maximum atomic E-state index is 12.6. The number of hydrogen-bond acceptors (Lipinski definition) is 4. The second-order valence-corrected chi connectivity index (χ2v) is 6.55. The summed E-state index contributed by atoms with van der Waals surface area (Å²) in [4.78, 5) is 26.5. The molecule has 0 spiro atoms. The van der Waals surface area contributed by atoms with Gasteiger partial charge in [-0.1, -0.05) is 0 Å². The third kappa shape index (κ3) is 2.50. The Morgan fingerprint density at radius 2 is 2.00 bits per heavy atom. The smallest absolute Gasteiger partial charge is 0.270 e. The molecule has 0 radical (unpaired) electrons. The number of ether oxygens (including phenoxy) is 1. The van der Waals surface area contributed by atoms with Crippen molar-refractivity contribution < 1.29 is 14.3 Å². The van der Waals surface area contributed by atoms with Crippen LogP contribution in [0, 0.1) is 5.92 Å². The van der Waals surface area contributed by atoms with Gasteiger partial charge in [-0.2, -0.15) is 0 Å². The van der Waals surface area contributed by atoms with Gasteiger partial charge in [-0.3, -0.25) is 9.59 Å². The van der Waals surface area contributed by atoms with Gasteiger partial charge < -0.3 is 15.0 Å². The molecule has 0 saturated carbocycles. The number of ketones is 1.